The van der Waals surface area contributed by atoms with Crippen LogP contribution in [0, 0.1) is 5.92 Å². The molecule has 5 heteroatoms. The molecule has 1 aromatic carbocycles. The first-order valence-electron chi connectivity index (χ1n) is 10.0. The highest BCUT2D eigenvalue weighted by Gasteiger charge is 2.43. The van der Waals surface area contributed by atoms with E-state index in [0.717, 1.165) is 43.7 Å². The van der Waals surface area contributed by atoms with Gasteiger partial charge in [-0.15, -0.1) is 0 Å². The molecule has 0 unspecified atom stereocenters. The summed E-state index contributed by atoms with van der Waals surface area (Å²) in [4.78, 5) is 29.7. The summed E-state index contributed by atoms with van der Waals surface area (Å²) in [6.45, 7) is 10.4. The molecule has 0 N–H and O–H groups in total. The fourth-order valence-corrected chi connectivity index (χ4v) is 3.73. The van der Waals surface area contributed by atoms with Crippen molar-refractivity contribution in [3.8, 4) is 5.75 Å². The Bertz CT molecular complexity index is 728. The van der Waals surface area contributed by atoms with Crippen molar-refractivity contribution in [3.63, 3.8) is 0 Å². The van der Waals surface area contributed by atoms with Gasteiger partial charge < -0.3 is 9.64 Å². The second-order valence-corrected chi connectivity index (χ2v) is 7.84. The zero-order chi connectivity index (χ0) is 19.6. The van der Waals surface area contributed by atoms with Gasteiger partial charge in [-0.05, 0) is 56.7 Å². The molecule has 5 nitrogen and oxygen atoms in total. The lowest BCUT2D eigenvalue weighted by atomic mass is 9.97. The summed E-state index contributed by atoms with van der Waals surface area (Å²) in [7, 11) is 0. The van der Waals surface area contributed by atoms with Gasteiger partial charge >= 0.3 is 0 Å². The minimum absolute atomic E-state index is 0.159. The first kappa shape index (κ1) is 19.5. The standard InChI is InChI=1S/C22H30N2O3/c1-5-14-27-18-8-6-17(7-9-18)19-20(23-12-10-16(4)11-13-23)22(26)24(15(2)3)21(19)25/h6-9,15-16H,5,10-14H2,1-4H3. The minimum Gasteiger partial charge on any atom is -0.494 e. The zero-order valence-corrected chi connectivity index (χ0v) is 16.8. The molecule has 0 aromatic heterocycles. The molecule has 0 aliphatic carbocycles. The van der Waals surface area contributed by atoms with Gasteiger partial charge in [0.15, 0.2) is 0 Å². The van der Waals surface area contributed by atoms with Crippen molar-refractivity contribution in [2.24, 2.45) is 5.92 Å². The summed E-state index contributed by atoms with van der Waals surface area (Å²) < 4.78 is 5.65. The molecule has 0 spiro atoms. The van der Waals surface area contributed by atoms with Crippen LogP contribution in [-0.2, 0) is 9.59 Å². The number of hydrogen-bond acceptors (Lipinski definition) is 4. The largest absolute Gasteiger partial charge is 0.494 e. The molecule has 146 valence electrons. The van der Waals surface area contributed by atoms with E-state index in [1.165, 1.54) is 4.90 Å². The quantitative estimate of drug-likeness (QED) is 0.717. The van der Waals surface area contributed by atoms with Gasteiger partial charge in [0.1, 0.15) is 11.4 Å². The number of likely N-dealkylation sites (tertiary alicyclic amines) is 1. The Morgan fingerprint density at radius 2 is 1.70 bits per heavy atom. The van der Waals surface area contributed by atoms with Gasteiger partial charge in [-0.2, -0.15) is 0 Å². The van der Waals surface area contributed by atoms with Crippen molar-refractivity contribution in [3.05, 3.63) is 35.5 Å². The fraction of sp³-hybridized carbons (Fsp3) is 0.545. The number of amides is 2. The predicted octanol–water partition coefficient (Wildman–Crippen LogP) is 3.70. The lowest BCUT2D eigenvalue weighted by Gasteiger charge is -2.33. The average Bonchev–Trinajstić information content (AvgIpc) is 2.91. The van der Waals surface area contributed by atoms with Crippen LogP contribution in [0.2, 0.25) is 0 Å². The molecule has 0 atom stereocenters. The summed E-state index contributed by atoms with van der Waals surface area (Å²) in [5.41, 5.74) is 1.89. The Balaban J connectivity index is 1.97. The number of benzene rings is 1. The third-order valence-electron chi connectivity index (χ3n) is 5.32. The van der Waals surface area contributed by atoms with Crippen LogP contribution >= 0.6 is 0 Å². The third-order valence-corrected chi connectivity index (χ3v) is 5.32. The molecule has 27 heavy (non-hydrogen) atoms. The number of piperidine rings is 1. The van der Waals surface area contributed by atoms with Gasteiger partial charge in [-0.3, -0.25) is 14.5 Å². The molecule has 2 aliphatic rings. The van der Waals surface area contributed by atoms with Crippen LogP contribution in [0.25, 0.3) is 5.57 Å². The first-order chi connectivity index (χ1) is 12.9. The van der Waals surface area contributed by atoms with Crippen molar-refractivity contribution in [2.45, 2.75) is 53.0 Å². The van der Waals surface area contributed by atoms with Crippen LogP contribution in [0.4, 0.5) is 0 Å². The van der Waals surface area contributed by atoms with E-state index in [4.69, 9.17) is 4.74 Å². The normalized spacial score (nSPS) is 18.9. The minimum atomic E-state index is -0.189. The van der Waals surface area contributed by atoms with E-state index in [1.807, 2.05) is 38.1 Å². The number of rotatable bonds is 6. The highest BCUT2D eigenvalue weighted by molar-refractivity contribution is 6.35. The van der Waals surface area contributed by atoms with Crippen molar-refractivity contribution < 1.29 is 14.3 Å². The van der Waals surface area contributed by atoms with Crippen molar-refractivity contribution in [2.75, 3.05) is 19.7 Å². The number of imide groups is 1. The Hall–Kier alpha value is -2.30. The molecule has 1 saturated heterocycles. The summed E-state index contributed by atoms with van der Waals surface area (Å²) in [5, 5.41) is 0. The number of carbonyl (C=O) groups excluding carboxylic acids is 2. The maximum Gasteiger partial charge on any atom is 0.278 e. The molecule has 0 radical (unpaired) electrons. The zero-order valence-electron chi connectivity index (χ0n) is 16.8. The maximum atomic E-state index is 13.1. The van der Waals surface area contributed by atoms with E-state index < -0.39 is 0 Å². The monoisotopic (exact) mass is 370 g/mol. The van der Waals surface area contributed by atoms with Crippen molar-refractivity contribution in [1.82, 2.24) is 9.80 Å². The highest BCUT2D eigenvalue weighted by Crippen LogP contribution is 2.35. The molecule has 1 aromatic rings. The van der Waals surface area contributed by atoms with Gasteiger partial charge in [0.25, 0.3) is 11.8 Å². The predicted molar refractivity (Wildman–Crippen MR) is 106 cm³/mol. The Morgan fingerprint density at radius 1 is 1.07 bits per heavy atom. The molecule has 0 saturated carbocycles. The maximum absolute atomic E-state index is 13.1. The number of hydrogen-bond donors (Lipinski definition) is 0. The van der Waals surface area contributed by atoms with E-state index in [-0.39, 0.29) is 17.9 Å². The molecule has 2 heterocycles. The molecular formula is C22H30N2O3. The summed E-state index contributed by atoms with van der Waals surface area (Å²) >= 11 is 0. The smallest absolute Gasteiger partial charge is 0.278 e. The van der Waals surface area contributed by atoms with E-state index in [0.29, 0.717) is 23.8 Å². The van der Waals surface area contributed by atoms with E-state index in [1.54, 1.807) is 0 Å². The van der Waals surface area contributed by atoms with Gasteiger partial charge in [-0.1, -0.05) is 26.0 Å². The fourth-order valence-electron chi connectivity index (χ4n) is 3.73. The summed E-state index contributed by atoms with van der Waals surface area (Å²) in [5.74, 6) is 1.09. The van der Waals surface area contributed by atoms with Crippen LogP contribution in [0.1, 0.15) is 52.5 Å². The summed E-state index contributed by atoms with van der Waals surface area (Å²) in [6, 6.07) is 7.38. The van der Waals surface area contributed by atoms with Gasteiger partial charge in [0.2, 0.25) is 0 Å². The first-order valence-corrected chi connectivity index (χ1v) is 10.0. The third kappa shape index (κ3) is 3.87. The van der Waals surface area contributed by atoms with Crippen LogP contribution in [0.3, 0.4) is 0 Å². The second-order valence-electron chi connectivity index (χ2n) is 7.84. The molecule has 0 bridgehead atoms. The topological polar surface area (TPSA) is 49.9 Å². The van der Waals surface area contributed by atoms with Crippen molar-refractivity contribution in [1.29, 1.82) is 0 Å². The van der Waals surface area contributed by atoms with Crippen LogP contribution < -0.4 is 4.74 Å². The van der Waals surface area contributed by atoms with Crippen LogP contribution in [-0.4, -0.2) is 47.4 Å². The van der Waals surface area contributed by atoms with Crippen LogP contribution in [0.15, 0.2) is 30.0 Å². The molecule has 1 fully saturated rings. The van der Waals surface area contributed by atoms with E-state index in [9.17, 15) is 9.59 Å². The van der Waals surface area contributed by atoms with E-state index >= 15 is 0 Å². The van der Waals surface area contributed by atoms with Gasteiger partial charge in [0.05, 0.1) is 12.2 Å². The Kier molecular flexibility index (Phi) is 5.88. The van der Waals surface area contributed by atoms with Crippen molar-refractivity contribution >= 4 is 17.4 Å². The van der Waals surface area contributed by atoms with Gasteiger partial charge in [-0.25, -0.2) is 0 Å². The lowest BCUT2D eigenvalue weighted by molar-refractivity contribution is -0.139. The van der Waals surface area contributed by atoms with E-state index in [2.05, 4.69) is 18.7 Å². The molecule has 3 rings (SSSR count). The SMILES string of the molecule is CCCOc1ccc(C2=C(N3CCC(C)CC3)C(=O)N(C(C)C)C2=O)cc1. The molecular weight excluding hydrogens is 340 g/mol. The Morgan fingerprint density at radius 3 is 2.26 bits per heavy atom. The summed E-state index contributed by atoms with van der Waals surface area (Å²) in [6.07, 6.45) is 3.04. The molecule has 2 aliphatic heterocycles. The molecule has 2 amide bonds. The number of carbonyl (C=O) groups is 2. The highest BCUT2D eigenvalue weighted by atomic mass is 16.5. The lowest BCUT2D eigenvalue weighted by Crippen LogP contribution is -2.41. The Labute approximate surface area is 162 Å². The van der Waals surface area contributed by atoms with Crippen LogP contribution in [0.5, 0.6) is 5.75 Å². The second kappa shape index (κ2) is 8.15. The number of ether oxygens (including phenoxy) is 1. The number of nitrogens with zero attached hydrogens (tertiary/aromatic N) is 2. The average molecular weight is 370 g/mol. The van der Waals surface area contributed by atoms with Gasteiger partial charge in [0, 0.05) is 19.1 Å².